The summed E-state index contributed by atoms with van der Waals surface area (Å²) in [7, 11) is 1.44. The minimum atomic E-state index is -1.50. The van der Waals surface area contributed by atoms with E-state index < -0.39 is 17.0 Å². The first-order valence-corrected chi connectivity index (χ1v) is 13.3. The zero-order chi connectivity index (χ0) is 27.5. The number of hydrogen-bond donors (Lipinski definition) is 2. The molecule has 1 atom stereocenters. The molecule has 8 nitrogen and oxygen atoms in total. The van der Waals surface area contributed by atoms with Crippen LogP contribution in [0.15, 0.2) is 83.9 Å². The van der Waals surface area contributed by atoms with Crippen molar-refractivity contribution in [3.63, 3.8) is 0 Å². The Balaban J connectivity index is 1.30. The van der Waals surface area contributed by atoms with E-state index in [0.29, 0.717) is 22.8 Å². The molecule has 5 aromatic rings. The second-order valence-corrected chi connectivity index (χ2v) is 9.99. The van der Waals surface area contributed by atoms with Gasteiger partial charge in [0.15, 0.2) is 16.4 Å². The van der Waals surface area contributed by atoms with Gasteiger partial charge in [-0.25, -0.2) is 13.3 Å². The minimum absolute atomic E-state index is 0.0449. The van der Waals surface area contributed by atoms with Crippen LogP contribution in [0.1, 0.15) is 5.56 Å². The fourth-order valence-corrected chi connectivity index (χ4v) is 4.59. The molecule has 0 saturated carbocycles. The monoisotopic (exact) mass is 547 g/mol. The lowest BCUT2D eigenvalue weighted by Gasteiger charge is -2.12. The summed E-state index contributed by atoms with van der Waals surface area (Å²) in [6.45, 7) is 0. The van der Waals surface area contributed by atoms with Gasteiger partial charge in [0.05, 0.1) is 19.2 Å². The third kappa shape index (κ3) is 6.00. The number of pyridine rings is 1. The predicted octanol–water partition coefficient (Wildman–Crippen LogP) is 5.35. The van der Waals surface area contributed by atoms with E-state index in [-0.39, 0.29) is 29.0 Å². The Hall–Kier alpha value is -4.48. The van der Waals surface area contributed by atoms with Crippen molar-refractivity contribution >= 4 is 40.1 Å². The normalized spacial score (nSPS) is 11.8. The number of amides is 1. The number of rotatable bonds is 8. The van der Waals surface area contributed by atoms with Crippen molar-refractivity contribution in [2.45, 2.75) is 11.3 Å². The zero-order valence-corrected chi connectivity index (χ0v) is 21.8. The lowest BCUT2D eigenvalue weighted by Crippen LogP contribution is -2.14. The van der Waals surface area contributed by atoms with Crippen molar-refractivity contribution in [1.29, 1.82) is 0 Å². The summed E-state index contributed by atoms with van der Waals surface area (Å²) in [6, 6.07) is 19.4. The molecule has 0 radical (unpaired) electrons. The van der Waals surface area contributed by atoms with Crippen molar-refractivity contribution in [3.05, 3.63) is 96.2 Å². The highest BCUT2D eigenvalue weighted by molar-refractivity contribution is 7.90. The molecule has 3 aromatic carbocycles. The molecule has 0 fully saturated rings. The Morgan fingerprint density at radius 3 is 2.44 bits per heavy atom. The first-order chi connectivity index (χ1) is 18.8. The topological polar surface area (TPSA) is 104 Å². The van der Waals surface area contributed by atoms with Gasteiger partial charge in [-0.3, -0.25) is 4.79 Å². The average Bonchev–Trinajstić information content (AvgIpc) is 3.32. The van der Waals surface area contributed by atoms with Crippen LogP contribution < -0.4 is 15.4 Å². The second kappa shape index (κ2) is 11.1. The number of methoxy groups -OCH3 is 1. The van der Waals surface area contributed by atoms with Crippen molar-refractivity contribution in [1.82, 2.24) is 14.6 Å². The summed E-state index contributed by atoms with van der Waals surface area (Å²) in [5.74, 6) is -0.628. The van der Waals surface area contributed by atoms with Crippen LogP contribution in [-0.2, 0) is 22.4 Å². The standard InChI is InChI=1S/C28H23F2N5O3S/c1-38-24-15-25(39(2)37)22(30)14-23(24)32-28-33-26-12-7-19(16-35(26)34-28)18-5-10-21(11-6-18)31-27(36)13-17-3-8-20(29)9-4-17/h3-12,14-16H,13H2,1-2H3,(H,31,36)(H,32,34). The van der Waals surface area contributed by atoms with Crippen molar-refractivity contribution in [3.8, 4) is 16.9 Å². The number of benzene rings is 3. The summed E-state index contributed by atoms with van der Waals surface area (Å²) in [5.41, 5.74) is 3.98. The van der Waals surface area contributed by atoms with Crippen LogP contribution in [0.3, 0.4) is 0 Å². The van der Waals surface area contributed by atoms with E-state index in [0.717, 1.165) is 16.7 Å². The number of nitrogens with one attached hydrogen (secondary N) is 2. The minimum Gasteiger partial charge on any atom is -0.612 e. The molecule has 198 valence electrons. The summed E-state index contributed by atoms with van der Waals surface area (Å²) in [6.07, 6.45) is 3.34. The number of fused-ring (bicyclic) bond motifs is 1. The van der Waals surface area contributed by atoms with E-state index >= 15 is 0 Å². The maximum atomic E-state index is 14.4. The Kier molecular flexibility index (Phi) is 7.44. The lowest BCUT2D eigenvalue weighted by atomic mass is 10.1. The molecule has 2 aromatic heterocycles. The maximum absolute atomic E-state index is 14.4. The molecule has 39 heavy (non-hydrogen) atoms. The number of nitrogens with zero attached hydrogens (tertiary/aromatic N) is 3. The van der Waals surface area contributed by atoms with E-state index in [1.165, 1.54) is 37.6 Å². The number of carbonyl (C=O) groups excluding carboxylic acids is 1. The van der Waals surface area contributed by atoms with Gasteiger partial charge in [-0.15, -0.1) is 5.10 Å². The van der Waals surface area contributed by atoms with Gasteiger partial charge in [-0.1, -0.05) is 24.3 Å². The third-order valence-electron chi connectivity index (χ3n) is 5.92. The molecule has 0 aliphatic rings. The zero-order valence-electron chi connectivity index (χ0n) is 20.9. The Labute approximate surface area is 225 Å². The van der Waals surface area contributed by atoms with Crippen molar-refractivity contribution < 1.29 is 22.9 Å². The molecule has 0 aliphatic heterocycles. The SMILES string of the molecule is COc1cc([S+](C)[O-])c(F)cc1Nc1nc2ccc(-c3ccc(NC(=O)Cc4ccc(F)cc4)cc3)cn2n1. The Morgan fingerprint density at radius 1 is 1.03 bits per heavy atom. The molecule has 2 heterocycles. The second-order valence-electron chi connectivity index (χ2n) is 8.65. The average molecular weight is 548 g/mol. The molecular weight excluding hydrogens is 524 g/mol. The van der Waals surface area contributed by atoms with Crippen LogP contribution in [0, 0.1) is 11.6 Å². The third-order valence-corrected chi connectivity index (χ3v) is 6.85. The van der Waals surface area contributed by atoms with Crippen LogP contribution >= 0.6 is 0 Å². The van der Waals surface area contributed by atoms with Gasteiger partial charge in [-0.05, 0) is 58.7 Å². The number of anilines is 3. The van der Waals surface area contributed by atoms with Gasteiger partial charge >= 0.3 is 0 Å². The molecule has 0 saturated heterocycles. The van der Waals surface area contributed by atoms with E-state index in [1.54, 1.807) is 41.0 Å². The highest BCUT2D eigenvalue weighted by atomic mass is 32.2. The van der Waals surface area contributed by atoms with Gasteiger partial charge in [0.1, 0.15) is 17.8 Å². The summed E-state index contributed by atoms with van der Waals surface area (Å²) in [5, 5.41) is 10.2. The lowest BCUT2D eigenvalue weighted by molar-refractivity contribution is -0.115. The van der Waals surface area contributed by atoms with E-state index in [9.17, 15) is 18.1 Å². The number of carbonyl (C=O) groups is 1. The molecule has 0 aliphatic carbocycles. The quantitative estimate of drug-likeness (QED) is 0.254. The fourth-order valence-electron chi connectivity index (χ4n) is 3.99. The summed E-state index contributed by atoms with van der Waals surface area (Å²) >= 11 is -1.50. The van der Waals surface area contributed by atoms with Crippen LogP contribution in [0.5, 0.6) is 5.75 Å². The number of hydrogen-bond acceptors (Lipinski definition) is 6. The smallest absolute Gasteiger partial charge is 0.247 e. The number of aromatic nitrogens is 3. The predicted molar refractivity (Wildman–Crippen MR) is 146 cm³/mol. The molecule has 11 heteroatoms. The van der Waals surface area contributed by atoms with Crippen LogP contribution in [0.25, 0.3) is 16.8 Å². The first kappa shape index (κ1) is 26.1. The van der Waals surface area contributed by atoms with Crippen LogP contribution in [0.4, 0.5) is 26.1 Å². The molecular formula is C28H23F2N5O3S. The Bertz CT molecular complexity index is 1640. The molecule has 2 N–H and O–H groups in total. The van der Waals surface area contributed by atoms with E-state index in [2.05, 4.69) is 20.7 Å². The molecule has 1 unspecified atom stereocenters. The summed E-state index contributed by atoms with van der Waals surface area (Å²) < 4.78 is 46.1. The van der Waals surface area contributed by atoms with Crippen molar-refractivity contribution in [2.24, 2.45) is 0 Å². The van der Waals surface area contributed by atoms with Crippen molar-refractivity contribution in [2.75, 3.05) is 24.0 Å². The van der Waals surface area contributed by atoms with E-state index in [1.807, 2.05) is 18.2 Å². The van der Waals surface area contributed by atoms with Gasteiger partial charge in [0.2, 0.25) is 11.9 Å². The largest absolute Gasteiger partial charge is 0.612 e. The van der Waals surface area contributed by atoms with Gasteiger partial charge in [0.25, 0.3) is 0 Å². The molecule has 0 bridgehead atoms. The maximum Gasteiger partial charge on any atom is 0.247 e. The summed E-state index contributed by atoms with van der Waals surface area (Å²) in [4.78, 5) is 16.8. The highest BCUT2D eigenvalue weighted by Gasteiger charge is 2.18. The Morgan fingerprint density at radius 2 is 1.74 bits per heavy atom. The van der Waals surface area contributed by atoms with Gasteiger partial charge in [-0.2, -0.15) is 4.98 Å². The number of ether oxygens (including phenoxy) is 1. The van der Waals surface area contributed by atoms with Gasteiger partial charge in [0, 0.05) is 29.6 Å². The number of halogens is 2. The van der Waals surface area contributed by atoms with Crippen LogP contribution in [-0.4, -0.2) is 38.4 Å². The first-order valence-electron chi connectivity index (χ1n) is 11.8. The van der Waals surface area contributed by atoms with E-state index in [4.69, 9.17) is 4.74 Å². The molecule has 1 amide bonds. The van der Waals surface area contributed by atoms with Gasteiger partial charge < -0.3 is 19.9 Å². The van der Waals surface area contributed by atoms with Crippen LogP contribution in [0.2, 0.25) is 0 Å². The molecule has 5 rings (SSSR count). The fraction of sp³-hybridized carbons (Fsp3) is 0.107. The highest BCUT2D eigenvalue weighted by Crippen LogP contribution is 2.32. The molecule has 0 spiro atoms.